The fourth-order valence-corrected chi connectivity index (χ4v) is 6.40. The van der Waals surface area contributed by atoms with Crippen LogP contribution in [0.25, 0.3) is 0 Å². The fourth-order valence-electron chi connectivity index (χ4n) is 4.79. The molecule has 39 heavy (non-hydrogen) atoms. The molecule has 3 N–H and O–H groups in total. The lowest BCUT2D eigenvalue weighted by atomic mass is 9.86. The summed E-state index contributed by atoms with van der Waals surface area (Å²) in [7, 11) is -2.30. The fraction of sp³-hybridized carbons (Fsp3) is 0.345. The summed E-state index contributed by atoms with van der Waals surface area (Å²) in [6, 6.07) is 18.7. The third-order valence-corrected chi connectivity index (χ3v) is 8.97. The molecule has 4 rings (SSSR count). The maximum atomic E-state index is 13.3. The van der Waals surface area contributed by atoms with Gasteiger partial charge in [0, 0.05) is 26.6 Å². The van der Waals surface area contributed by atoms with Crippen LogP contribution in [-0.2, 0) is 32.5 Å². The molecule has 7 nitrogen and oxygen atoms in total. The van der Waals surface area contributed by atoms with Gasteiger partial charge in [-0.25, -0.2) is 13.1 Å². The molecule has 0 radical (unpaired) electrons. The summed E-state index contributed by atoms with van der Waals surface area (Å²) in [5, 5.41) is 6.91. The predicted octanol–water partition coefficient (Wildman–Crippen LogP) is 5.33. The Balaban J connectivity index is 1.47. The van der Waals surface area contributed by atoms with Crippen LogP contribution in [0.1, 0.15) is 53.6 Å². The molecule has 2 atom stereocenters. The highest BCUT2D eigenvalue weighted by molar-refractivity contribution is 7.89. The lowest BCUT2D eigenvalue weighted by Gasteiger charge is -2.28. The normalized spacial score (nSPS) is 15.9. The average molecular weight is 591 g/mol. The molecule has 0 bridgehead atoms. The minimum Gasteiger partial charge on any atom is -0.383 e. The van der Waals surface area contributed by atoms with Gasteiger partial charge in [0.05, 0.1) is 33.6 Å². The van der Waals surface area contributed by atoms with E-state index in [0.29, 0.717) is 12.2 Å². The largest absolute Gasteiger partial charge is 0.383 e. The Morgan fingerprint density at radius 2 is 1.85 bits per heavy atom. The molecule has 1 aliphatic carbocycles. The lowest BCUT2D eigenvalue weighted by molar-refractivity contribution is -0.122. The van der Waals surface area contributed by atoms with Gasteiger partial charge in [-0.05, 0) is 59.7 Å². The quantitative estimate of drug-likeness (QED) is 0.248. The number of amides is 1. The Morgan fingerprint density at radius 1 is 1.05 bits per heavy atom. The van der Waals surface area contributed by atoms with Crippen molar-refractivity contribution in [2.45, 2.75) is 49.2 Å². The van der Waals surface area contributed by atoms with Gasteiger partial charge in [-0.3, -0.25) is 4.79 Å². The number of benzene rings is 3. The molecular weight excluding hydrogens is 557 g/mol. The number of hydrogen-bond acceptors (Lipinski definition) is 5. The number of fused-ring (bicyclic) bond motifs is 1. The van der Waals surface area contributed by atoms with E-state index >= 15 is 0 Å². The summed E-state index contributed by atoms with van der Waals surface area (Å²) in [4.78, 5) is 13.3. The molecule has 0 aromatic heterocycles. The molecule has 3 aromatic carbocycles. The van der Waals surface area contributed by atoms with Crippen LogP contribution in [0.5, 0.6) is 0 Å². The highest BCUT2D eigenvalue weighted by Crippen LogP contribution is 2.31. The third-order valence-electron chi connectivity index (χ3n) is 6.76. The molecule has 0 saturated heterocycles. The smallest absolute Gasteiger partial charge is 0.241 e. The molecule has 1 aliphatic rings. The van der Waals surface area contributed by atoms with Crippen molar-refractivity contribution in [1.29, 1.82) is 0 Å². The number of halogens is 2. The zero-order valence-corrected chi connectivity index (χ0v) is 24.1. The lowest BCUT2D eigenvalue weighted by Crippen LogP contribution is -2.36. The molecule has 208 valence electrons. The van der Waals surface area contributed by atoms with Gasteiger partial charge in [-0.15, -0.1) is 0 Å². The molecule has 0 spiro atoms. The summed E-state index contributed by atoms with van der Waals surface area (Å²) in [6.07, 6.45) is 2.70. The Kier molecular flexibility index (Phi) is 10.4. The van der Waals surface area contributed by atoms with Crippen LogP contribution >= 0.6 is 23.2 Å². The summed E-state index contributed by atoms with van der Waals surface area (Å²) < 4.78 is 34.2. The van der Waals surface area contributed by atoms with Gasteiger partial charge in [0.2, 0.25) is 15.9 Å². The average Bonchev–Trinajstić information content (AvgIpc) is 2.92. The van der Waals surface area contributed by atoms with Gasteiger partial charge >= 0.3 is 0 Å². The minimum atomic E-state index is -3.98. The van der Waals surface area contributed by atoms with Gasteiger partial charge in [-0.1, -0.05) is 71.7 Å². The van der Waals surface area contributed by atoms with Crippen LogP contribution in [0.15, 0.2) is 71.6 Å². The monoisotopic (exact) mass is 589 g/mol. The van der Waals surface area contributed by atoms with Crippen molar-refractivity contribution in [2.24, 2.45) is 0 Å². The van der Waals surface area contributed by atoms with Crippen LogP contribution in [-0.4, -0.2) is 34.6 Å². The van der Waals surface area contributed by atoms with E-state index in [1.807, 2.05) is 18.2 Å². The van der Waals surface area contributed by atoms with E-state index in [2.05, 4.69) is 33.6 Å². The van der Waals surface area contributed by atoms with Crippen molar-refractivity contribution >= 4 is 39.1 Å². The highest BCUT2D eigenvalue weighted by atomic mass is 35.5. The molecule has 0 saturated carbocycles. The van der Waals surface area contributed by atoms with Gasteiger partial charge in [0.1, 0.15) is 0 Å². The Hall–Kier alpha value is -2.46. The first-order valence-electron chi connectivity index (χ1n) is 12.9. The molecule has 0 unspecified atom stereocenters. The second-order valence-electron chi connectivity index (χ2n) is 9.58. The van der Waals surface area contributed by atoms with Crippen molar-refractivity contribution in [3.63, 3.8) is 0 Å². The maximum absolute atomic E-state index is 13.3. The molecular formula is C29H33Cl2N3O4S. The number of ether oxygens (including phenoxy) is 1. The third kappa shape index (κ3) is 8.03. The standard InChI is InChI=1S/C29H33Cl2N3O4S/c1-38-15-14-32-19-20-10-12-24-22(16-20)8-5-9-27(24)33-29(35)18-28(21-6-3-2-4-7-21)34-39(36,37)23-11-13-25(30)26(31)17-23/h2-4,6-7,10-13,16-17,27-28,32,34H,5,8-9,14-15,18-19H2,1H3,(H,33,35)/t27-,28-/m1/s1. The van der Waals surface area contributed by atoms with Crippen LogP contribution in [0.2, 0.25) is 10.0 Å². The maximum Gasteiger partial charge on any atom is 0.241 e. The van der Waals surface area contributed by atoms with Gasteiger partial charge in [-0.2, -0.15) is 0 Å². The van der Waals surface area contributed by atoms with E-state index in [-0.39, 0.29) is 33.3 Å². The van der Waals surface area contributed by atoms with Crippen LogP contribution < -0.4 is 15.4 Å². The molecule has 0 heterocycles. The van der Waals surface area contributed by atoms with Gasteiger partial charge in [0.15, 0.2) is 0 Å². The van der Waals surface area contributed by atoms with Crippen LogP contribution in [0.4, 0.5) is 0 Å². The molecule has 1 amide bonds. The predicted molar refractivity (Wildman–Crippen MR) is 154 cm³/mol. The number of hydrogen-bond donors (Lipinski definition) is 3. The van der Waals surface area contributed by atoms with E-state index in [9.17, 15) is 13.2 Å². The van der Waals surface area contributed by atoms with Crippen molar-refractivity contribution in [3.8, 4) is 0 Å². The molecule has 10 heteroatoms. The Bertz CT molecular complexity index is 1390. The van der Waals surface area contributed by atoms with Crippen molar-refractivity contribution in [3.05, 3.63) is 99.0 Å². The summed E-state index contributed by atoms with van der Waals surface area (Å²) >= 11 is 12.0. The van der Waals surface area contributed by atoms with Crippen LogP contribution in [0, 0.1) is 0 Å². The van der Waals surface area contributed by atoms with E-state index < -0.39 is 16.1 Å². The topological polar surface area (TPSA) is 96.5 Å². The number of methoxy groups -OCH3 is 1. The van der Waals surface area contributed by atoms with E-state index in [1.165, 1.54) is 29.3 Å². The Morgan fingerprint density at radius 3 is 2.59 bits per heavy atom. The first-order chi connectivity index (χ1) is 18.8. The van der Waals surface area contributed by atoms with E-state index in [0.717, 1.165) is 37.9 Å². The number of carbonyl (C=O) groups is 1. The van der Waals surface area contributed by atoms with Crippen molar-refractivity contribution in [2.75, 3.05) is 20.3 Å². The van der Waals surface area contributed by atoms with E-state index in [4.69, 9.17) is 27.9 Å². The summed E-state index contributed by atoms with van der Waals surface area (Å²) in [6.45, 7) is 2.20. The zero-order valence-electron chi connectivity index (χ0n) is 21.8. The molecule has 0 fully saturated rings. The van der Waals surface area contributed by atoms with E-state index in [1.54, 1.807) is 19.2 Å². The minimum absolute atomic E-state index is 0.0213. The first kappa shape index (κ1) is 29.5. The van der Waals surface area contributed by atoms with Gasteiger partial charge < -0.3 is 15.4 Å². The second-order valence-corrected chi connectivity index (χ2v) is 12.1. The first-order valence-corrected chi connectivity index (χ1v) is 15.1. The second kappa shape index (κ2) is 13.7. The van der Waals surface area contributed by atoms with Crippen molar-refractivity contribution < 1.29 is 17.9 Å². The Labute approximate surface area is 240 Å². The number of aryl methyl sites for hydroxylation is 1. The molecule has 3 aromatic rings. The van der Waals surface area contributed by atoms with Gasteiger partial charge in [0.25, 0.3) is 0 Å². The highest BCUT2D eigenvalue weighted by Gasteiger charge is 2.27. The van der Waals surface area contributed by atoms with Crippen LogP contribution in [0.3, 0.4) is 0 Å². The summed E-state index contributed by atoms with van der Waals surface area (Å²) in [5.74, 6) is -0.233. The number of sulfonamides is 1. The molecule has 0 aliphatic heterocycles. The number of rotatable bonds is 12. The zero-order chi connectivity index (χ0) is 27.8. The SMILES string of the molecule is COCCNCc1ccc2c(c1)CCC[C@H]2NC(=O)C[C@@H](NS(=O)(=O)c1ccc(Cl)c(Cl)c1)c1ccccc1. The summed E-state index contributed by atoms with van der Waals surface area (Å²) in [5.41, 5.74) is 4.23. The number of nitrogens with one attached hydrogen (secondary N) is 3. The number of carbonyl (C=O) groups excluding carboxylic acids is 1. The van der Waals surface area contributed by atoms with Crippen molar-refractivity contribution in [1.82, 2.24) is 15.4 Å².